The predicted octanol–water partition coefficient (Wildman–Crippen LogP) is 1.36. The van der Waals surface area contributed by atoms with Crippen LogP contribution in [0.3, 0.4) is 0 Å². The van der Waals surface area contributed by atoms with Crippen LogP contribution < -0.4 is 5.32 Å². The Morgan fingerprint density at radius 2 is 2.40 bits per heavy atom. The summed E-state index contributed by atoms with van der Waals surface area (Å²) in [6, 6.07) is 0. The maximum absolute atomic E-state index is 10.6. The van der Waals surface area contributed by atoms with E-state index in [9.17, 15) is 4.79 Å². The molecule has 0 aliphatic heterocycles. The predicted molar refractivity (Wildman–Crippen MR) is 40.4 cm³/mol. The summed E-state index contributed by atoms with van der Waals surface area (Å²) in [5.41, 5.74) is 0. The average molecular weight is 166 g/mol. The number of alkyl carbamates (subject to hydrolysis) is 1. The quantitative estimate of drug-likeness (QED) is 0.639. The van der Waals surface area contributed by atoms with E-state index in [0.717, 1.165) is 6.42 Å². The molecule has 3 nitrogen and oxygen atoms in total. The molecule has 0 spiro atoms. The van der Waals surface area contributed by atoms with E-state index < -0.39 is 0 Å². The van der Waals surface area contributed by atoms with Crippen molar-refractivity contribution >= 4 is 17.7 Å². The summed E-state index contributed by atoms with van der Waals surface area (Å²) >= 11 is 5.31. The normalized spacial score (nSPS) is 9.00. The Hall–Kier alpha value is -0.440. The second-order valence-electron chi connectivity index (χ2n) is 1.75. The second kappa shape index (κ2) is 6.68. The molecule has 4 heteroatoms. The van der Waals surface area contributed by atoms with Crippen molar-refractivity contribution in [1.29, 1.82) is 0 Å². The fourth-order valence-electron chi connectivity index (χ4n) is 0.395. The Morgan fingerprint density at radius 3 is 2.90 bits per heavy atom. The molecule has 0 aromatic rings. The van der Waals surface area contributed by atoms with Crippen LogP contribution in [-0.2, 0) is 4.74 Å². The molecule has 0 saturated carbocycles. The maximum Gasteiger partial charge on any atom is 0.407 e. The van der Waals surface area contributed by atoms with Crippen molar-refractivity contribution in [3.05, 3.63) is 0 Å². The summed E-state index contributed by atoms with van der Waals surface area (Å²) < 4.78 is 4.68. The van der Waals surface area contributed by atoms with Crippen molar-refractivity contribution < 1.29 is 9.53 Å². The van der Waals surface area contributed by atoms with Gasteiger partial charge >= 0.3 is 6.09 Å². The molecule has 0 radical (unpaired) electrons. The molecular formula is C6H12ClNO2. The van der Waals surface area contributed by atoms with Gasteiger partial charge in [0, 0.05) is 12.4 Å². The van der Waals surface area contributed by atoms with E-state index >= 15 is 0 Å². The number of hydrogen-bond acceptors (Lipinski definition) is 2. The van der Waals surface area contributed by atoms with Gasteiger partial charge in [-0.25, -0.2) is 4.79 Å². The van der Waals surface area contributed by atoms with E-state index in [1.807, 2.05) is 6.92 Å². The minimum Gasteiger partial charge on any atom is -0.450 e. The van der Waals surface area contributed by atoms with Gasteiger partial charge in [-0.15, -0.1) is 11.6 Å². The highest BCUT2D eigenvalue weighted by atomic mass is 35.5. The van der Waals surface area contributed by atoms with Crippen LogP contribution >= 0.6 is 11.6 Å². The third-order valence-corrected chi connectivity index (χ3v) is 0.990. The Kier molecular flexibility index (Phi) is 6.38. The second-order valence-corrected chi connectivity index (χ2v) is 2.13. The summed E-state index contributed by atoms with van der Waals surface area (Å²) in [5.74, 6) is 0.418. The number of amides is 1. The standard InChI is InChI=1S/C6H12ClNO2/c1-2-5-10-6(9)8-4-3-7/h2-5H2,1H3,(H,8,9). The van der Waals surface area contributed by atoms with Gasteiger partial charge in [0.1, 0.15) is 0 Å². The fraction of sp³-hybridized carbons (Fsp3) is 0.833. The lowest BCUT2D eigenvalue weighted by Crippen LogP contribution is -2.26. The van der Waals surface area contributed by atoms with Gasteiger partial charge in [-0.2, -0.15) is 0 Å². The summed E-state index contributed by atoms with van der Waals surface area (Å²) in [7, 11) is 0. The van der Waals surface area contributed by atoms with Crippen molar-refractivity contribution in [3.8, 4) is 0 Å². The lowest BCUT2D eigenvalue weighted by atomic mass is 10.5. The Labute approximate surface area is 65.7 Å². The van der Waals surface area contributed by atoms with Crippen molar-refractivity contribution in [2.24, 2.45) is 0 Å². The smallest absolute Gasteiger partial charge is 0.407 e. The van der Waals surface area contributed by atoms with Crippen LogP contribution in [0.4, 0.5) is 4.79 Å². The van der Waals surface area contributed by atoms with Gasteiger partial charge in [0.15, 0.2) is 0 Å². The van der Waals surface area contributed by atoms with E-state index in [1.165, 1.54) is 0 Å². The number of carbonyl (C=O) groups excluding carboxylic acids is 1. The molecule has 0 atom stereocenters. The Bertz CT molecular complexity index is 87.7. The summed E-state index contributed by atoms with van der Waals surface area (Å²) in [5, 5.41) is 2.47. The maximum atomic E-state index is 10.6. The first kappa shape index (κ1) is 9.56. The minimum absolute atomic E-state index is 0.387. The molecule has 0 bridgehead atoms. The van der Waals surface area contributed by atoms with Crippen molar-refractivity contribution in [2.45, 2.75) is 13.3 Å². The molecule has 60 valence electrons. The number of halogens is 1. The molecule has 0 aromatic carbocycles. The highest BCUT2D eigenvalue weighted by Crippen LogP contribution is 1.81. The third-order valence-electron chi connectivity index (χ3n) is 0.801. The largest absolute Gasteiger partial charge is 0.450 e. The fourth-order valence-corrected chi connectivity index (χ4v) is 0.490. The monoisotopic (exact) mass is 165 g/mol. The lowest BCUT2D eigenvalue weighted by molar-refractivity contribution is 0.147. The zero-order valence-electron chi connectivity index (χ0n) is 6.02. The summed E-state index contributed by atoms with van der Waals surface area (Å²) in [4.78, 5) is 10.6. The van der Waals surface area contributed by atoms with Gasteiger partial charge in [0.2, 0.25) is 0 Å². The van der Waals surface area contributed by atoms with Crippen LogP contribution in [-0.4, -0.2) is 25.1 Å². The Morgan fingerprint density at radius 1 is 1.70 bits per heavy atom. The Balaban J connectivity index is 3.09. The van der Waals surface area contributed by atoms with Crippen LogP contribution in [0.1, 0.15) is 13.3 Å². The average Bonchev–Trinajstić information content (AvgIpc) is 1.97. The minimum atomic E-state index is -0.387. The first-order chi connectivity index (χ1) is 4.81. The third kappa shape index (κ3) is 5.69. The van der Waals surface area contributed by atoms with Crippen LogP contribution in [0.2, 0.25) is 0 Å². The molecule has 0 rings (SSSR count). The molecule has 10 heavy (non-hydrogen) atoms. The zero-order valence-corrected chi connectivity index (χ0v) is 6.78. The van der Waals surface area contributed by atoms with E-state index in [-0.39, 0.29) is 6.09 Å². The molecule has 1 amide bonds. The molecule has 0 unspecified atom stereocenters. The van der Waals surface area contributed by atoms with Gasteiger partial charge in [-0.3, -0.25) is 0 Å². The van der Waals surface area contributed by atoms with Gasteiger partial charge in [-0.05, 0) is 6.42 Å². The van der Waals surface area contributed by atoms with Crippen molar-refractivity contribution in [1.82, 2.24) is 5.32 Å². The number of ether oxygens (including phenoxy) is 1. The van der Waals surface area contributed by atoms with Gasteiger partial charge < -0.3 is 10.1 Å². The molecule has 0 aromatic heterocycles. The van der Waals surface area contributed by atoms with Crippen LogP contribution in [0, 0.1) is 0 Å². The summed E-state index contributed by atoms with van der Waals surface area (Å²) in [6.07, 6.45) is 0.455. The lowest BCUT2D eigenvalue weighted by Gasteiger charge is -2.02. The van der Waals surface area contributed by atoms with Gasteiger partial charge in [0.05, 0.1) is 6.61 Å². The van der Waals surface area contributed by atoms with Gasteiger partial charge in [0.25, 0.3) is 0 Å². The highest BCUT2D eigenvalue weighted by Gasteiger charge is 1.96. The highest BCUT2D eigenvalue weighted by molar-refractivity contribution is 6.18. The number of carbonyl (C=O) groups is 1. The first-order valence-corrected chi connectivity index (χ1v) is 3.81. The number of nitrogens with one attached hydrogen (secondary N) is 1. The molecule has 0 heterocycles. The van der Waals surface area contributed by atoms with Crippen LogP contribution in [0.5, 0.6) is 0 Å². The van der Waals surface area contributed by atoms with E-state index in [4.69, 9.17) is 11.6 Å². The van der Waals surface area contributed by atoms with Crippen LogP contribution in [0.25, 0.3) is 0 Å². The number of hydrogen-bond donors (Lipinski definition) is 1. The molecule has 0 saturated heterocycles. The van der Waals surface area contributed by atoms with E-state index in [1.54, 1.807) is 0 Å². The van der Waals surface area contributed by atoms with Crippen molar-refractivity contribution in [3.63, 3.8) is 0 Å². The molecule has 0 aliphatic carbocycles. The topological polar surface area (TPSA) is 38.3 Å². The zero-order chi connectivity index (χ0) is 7.82. The molecular weight excluding hydrogens is 154 g/mol. The summed E-state index contributed by atoms with van der Waals surface area (Å²) in [6.45, 7) is 2.87. The molecule has 1 N–H and O–H groups in total. The SMILES string of the molecule is CCCOC(=O)NCCCl. The first-order valence-electron chi connectivity index (χ1n) is 3.27. The van der Waals surface area contributed by atoms with Crippen molar-refractivity contribution in [2.75, 3.05) is 19.0 Å². The number of rotatable bonds is 4. The van der Waals surface area contributed by atoms with Gasteiger partial charge in [-0.1, -0.05) is 6.92 Å². The van der Waals surface area contributed by atoms with E-state index in [0.29, 0.717) is 19.0 Å². The van der Waals surface area contributed by atoms with Crippen LogP contribution in [0.15, 0.2) is 0 Å². The van der Waals surface area contributed by atoms with E-state index in [2.05, 4.69) is 10.1 Å². The number of alkyl halides is 1. The molecule has 0 aliphatic rings. The molecule has 0 fully saturated rings.